The number of carbonyl (C=O) groups excluding carboxylic acids is 4. The Balaban J connectivity index is 1.30. The first kappa shape index (κ1) is 33.0. The minimum absolute atomic E-state index is 0.00245. The number of imide groups is 1. The molecule has 0 aliphatic carbocycles. The first-order chi connectivity index (χ1) is 22.7. The van der Waals surface area contributed by atoms with Crippen molar-refractivity contribution in [3.8, 4) is 11.5 Å². The second-order valence-electron chi connectivity index (χ2n) is 11.1. The number of amides is 4. The lowest BCUT2D eigenvalue weighted by molar-refractivity contribution is -0.121. The van der Waals surface area contributed by atoms with E-state index in [0.29, 0.717) is 39.9 Å². The molecule has 0 bridgehead atoms. The molecule has 5 rings (SSSR count). The minimum Gasteiger partial charge on any atom is -0.497 e. The van der Waals surface area contributed by atoms with Crippen molar-refractivity contribution in [1.29, 1.82) is 0 Å². The van der Waals surface area contributed by atoms with E-state index < -0.39 is 17.1 Å². The van der Waals surface area contributed by atoms with Crippen LogP contribution in [0.5, 0.6) is 11.5 Å². The van der Waals surface area contributed by atoms with Crippen molar-refractivity contribution in [2.75, 3.05) is 24.4 Å². The predicted octanol–water partition coefficient (Wildman–Crippen LogP) is 6.66. The quantitative estimate of drug-likeness (QED) is 0.138. The molecule has 0 spiro atoms. The monoisotopic (exact) mass is 649 g/mol. The Labute approximate surface area is 278 Å². The van der Waals surface area contributed by atoms with Crippen molar-refractivity contribution < 1.29 is 28.7 Å². The van der Waals surface area contributed by atoms with Gasteiger partial charge in [-0.05, 0) is 78.2 Å². The summed E-state index contributed by atoms with van der Waals surface area (Å²) in [5, 5.41) is 4.99. The van der Waals surface area contributed by atoms with Crippen LogP contribution in [0.4, 0.5) is 11.4 Å². The molecule has 10 heteroatoms. The second kappa shape index (κ2) is 14.8. The highest BCUT2D eigenvalue weighted by molar-refractivity contribution is 8.00. The summed E-state index contributed by atoms with van der Waals surface area (Å²) in [6.45, 7) is 4.17. The standard InChI is InChI=1S/C37H35N3O6S/c1-23(2)24-10-15-28(16-11-24)40-34(41)22-33(37(40)44)47-30-18-13-27(14-19-30)38-36(43)31(39-35(42)25-8-6-5-7-9-25)20-26-12-17-29(45-3)21-32(26)46-4/h5-21,23,33H,22H2,1-4H3,(H,38,43)(H,39,42)/b31-20-. The van der Waals surface area contributed by atoms with E-state index in [2.05, 4.69) is 24.5 Å². The summed E-state index contributed by atoms with van der Waals surface area (Å²) in [4.78, 5) is 54.6. The summed E-state index contributed by atoms with van der Waals surface area (Å²) >= 11 is 1.30. The molecule has 0 aromatic heterocycles. The van der Waals surface area contributed by atoms with Gasteiger partial charge in [0.15, 0.2) is 0 Å². The van der Waals surface area contributed by atoms with E-state index in [4.69, 9.17) is 9.47 Å². The normalized spacial score (nSPS) is 14.7. The first-order valence-electron chi connectivity index (χ1n) is 15.0. The Kier molecular flexibility index (Phi) is 10.4. The number of hydrogen-bond acceptors (Lipinski definition) is 7. The topological polar surface area (TPSA) is 114 Å². The Morgan fingerprint density at radius 3 is 2.23 bits per heavy atom. The highest BCUT2D eigenvalue weighted by Gasteiger charge is 2.40. The minimum atomic E-state index is -0.560. The molecule has 4 amide bonds. The molecule has 47 heavy (non-hydrogen) atoms. The van der Waals surface area contributed by atoms with E-state index >= 15 is 0 Å². The number of methoxy groups -OCH3 is 2. The maximum absolute atomic E-state index is 13.5. The highest BCUT2D eigenvalue weighted by Crippen LogP contribution is 2.35. The lowest BCUT2D eigenvalue weighted by Crippen LogP contribution is -2.31. The fourth-order valence-electron chi connectivity index (χ4n) is 4.99. The van der Waals surface area contributed by atoms with Gasteiger partial charge in [-0.15, -0.1) is 11.8 Å². The Bertz CT molecular complexity index is 1800. The first-order valence-corrected chi connectivity index (χ1v) is 15.9. The number of hydrogen-bond donors (Lipinski definition) is 2. The molecule has 1 atom stereocenters. The van der Waals surface area contributed by atoms with Crippen molar-refractivity contribution >= 4 is 52.8 Å². The number of anilines is 2. The van der Waals surface area contributed by atoms with Crippen molar-refractivity contribution in [1.82, 2.24) is 5.32 Å². The van der Waals surface area contributed by atoms with Crippen LogP contribution in [0, 0.1) is 0 Å². The molecule has 1 aliphatic rings. The Hall–Kier alpha value is -5.35. The van der Waals surface area contributed by atoms with Gasteiger partial charge in [-0.3, -0.25) is 19.2 Å². The van der Waals surface area contributed by atoms with Crippen LogP contribution in [0.2, 0.25) is 0 Å². The number of thioether (sulfide) groups is 1. The lowest BCUT2D eigenvalue weighted by Gasteiger charge is -2.16. The van der Waals surface area contributed by atoms with Crippen molar-refractivity contribution in [3.05, 3.63) is 119 Å². The molecule has 1 saturated heterocycles. The predicted molar refractivity (Wildman–Crippen MR) is 184 cm³/mol. The zero-order valence-corrected chi connectivity index (χ0v) is 27.3. The summed E-state index contributed by atoms with van der Waals surface area (Å²) in [5.41, 5.74) is 3.12. The summed E-state index contributed by atoms with van der Waals surface area (Å²) in [7, 11) is 3.05. The smallest absolute Gasteiger partial charge is 0.272 e. The molecular weight excluding hydrogens is 614 g/mol. The average molecular weight is 650 g/mol. The Morgan fingerprint density at radius 1 is 0.894 bits per heavy atom. The van der Waals surface area contributed by atoms with E-state index in [-0.39, 0.29) is 23.9 Å². The lowest BCUT2D eigenvalue weighted by atomic mass is 10.0. The number of benzene rings is 4. The Morgan fingerprint density at radius 2 is 1.60 bits per heavy atom. The third kappa shape index (κ3) is 7.90. The fraction of sp³-hybridized carbons (Fsp3) is 0.189. The fourth-order valence-corrected chi connectivity index (χ4v) is 6.04. The van der Waals surface area contributed by atoms with Gasteiger partial charge >= 0.3 is 0 Å². The van der Waals surface area contributed by atoms with E-state index in [1.165, 1.54) is 29.8 Å². The van der Waals surface area contributed by atoms with Gasteiger partial charge in [0.2, 0.25) is 11.8 Å². The van der Waals surface area contributed by atoms with E-state index in [1.807, 2.05) is 24.3 Å². The average Bonchev–Trinajstić information content (AvgIpc) is 3.37. The summed E-state index contributed by atoms with van der Waals surface area (Å²) in [5.74, 6) is -0.122. The van der Waals surface area contributed by atoms with Crippen LogP contribution in [-0.2, 0) is 14.4 Å². The van der Waals surface area contributed by atoms with Crippen molar-refractivity contribution in [2.45, 2.75) is 36.3 Å². The molecule has 2 N–H and O–H groups in total. The largest absolute Gasteiger partial charge is 0.497 e. The zero-order chi connectivity index (χ0) is 33.5. The third-order valence-corrected chi connectivity index (χ3v) is 8.78. The van der Waals surface area contributed by atoms with Crippen molar-refractivity contribution in [3.63, 3.8) is 0 Å². The third-order valence-electron chi connectivity index (χ3n) is 7.58. The van der Waals surface area contributed by atoms with Gasteiger partial charge < -0.3 is 20.1 Å². The van der Waals surface area contributed by atoms with Crippen LogP contribution in [0.25, 0.3) is 6.08 Å². The van der Waals surface area contributed by atoms with Gasteiger partial charge in [-0.2, -0.15) is 0 Å². The molecule has 4 aromatic carbocycles. The molecule has 1 heterocycles. The van der Waals surface area contributed by atoms with Crippen LogP contribution in [0.15, 0.2) is 108 Å². The van der Waals surface area contributed by atoms with Crippen LogP contribution in [0.1, 0.15) is 47.7 Å². The number of rotatable bonds is 11. The van der Waals surface area contributed by atoms with Gasteiger partial charge in [-0.1, -0.05) is 44.2 Å². The van der Waals surface area contributed by atoms with Crippen LogP contribution in [0.3, 0.4) is 0 Å². The molecule has 1 aliphatic heterocycles. The maximum Gasteiger partial charge on any atom is 0.272 e. The summed E-state index contributed by atoms with van der Waals surface area (Å²) < 4.78 is 10.8. The van der Waals surface area contributed by atoms with Crippen LogP contribution >= 0.6 is 11.8 Å². The molecule has 1 unspecified atom stereocenters. The van der Waals surface area contributed by atoms with E-state index in [1.54, 1.807) is 79.9 Å². The number of ether oxygens (including phenoxy) is 2. The van der Waals surface area contributed by atoms with E-state index in [9.17, 15) is 19.2 Å². The molecule has 4 aromatic rings. The SMILES string of the molecule is COc1ccc(/C=C(\NC(=O)c2ccccc2)C(=O)Nc2ccc(SC3CC(=O)N(c4ccc(C(C)C)cc4)C3=O)cc2)c(OC)c1. The summed E-state index contributed by atoms with van der Waals surface area (Å²) in [6.07, 6.45) is 1.63. The molecule has 0 saturated carbocycles. The van der Waals surface area contributed by atoms with Crippen molar-refractivity contribution in [2.24, 2.45) is 0 Å². The highest BCUT2D eigenvalue weighted by atomic mass is 32.2. The van der Waals surface area contributed by atoms with E-state index in [0.717, 1.165) is 10.5 Å². The molecular formula is C37H35N3O6S. The van der Waals surface area contributed by atoms with Crippen LogP contribution in [-0.4, -0.2) is 43.1 Å². The molecule has 240 valence electrons. The number of nitrogens with zero attached hydrogens (tertiary/aromatic N) is 1. The number of nitrogens with one attached hydrogen (secondary N) is 2. The van der Waals surface area contributed by atoms with Gasteiger partial charge in [0.05, 0.1) is 25.2 Å². The van der Waals surface area contributed by atoms with Gasteiger partial charge in [0, 0.05) is 34.2 Å². The van der Waals surface area contributed by atoms with Gasteiger partial charge in [-0.25, -0.2) is 4.90 Å². The van der Waals surface area contributed by atoms with Gasteiger partial charge in [0.25, 0.3) is 11.8 Å². The summed E-state index contributed by atoms with van der Waals surface area (Å²) in [6, 6.07) is 28.2. The maximum atomic E-state index is 13.5. The molecule has 9 nitrogen and oxygen atoms in total. The number of carbonyl (C=O) groups is 4. The van der Waals surface area contributed by atoms with Gasteiger partial charge in [0.1, 0.15) is 17.2 Å². The van der Waals surface area contributed by atoms with Crippen LogP contribution < -0.4 is 25.0 Å². The zero-order valence-electron chi connectivity index (χ0n) is 26.5. The second-order valence-corrected chi connectivity index (χ2v) is 12.4. The molecule has 1 fully saturated rings. The molecule has 0 radical (unpaired) electrons.